The number of amides is 4. The second kappa shape index (κ2) is 8.37. The monoisotopic (exact) mass is 364 g/mol. The summed E-state index contributed by atoms with van der Waals surface area (Å²) in [4.78, 5) is 40.6. The maximum atomic E-state index is 12.7. The molecule has 7 heteroatoms. The molecule has 0 radical (unpaired) electrons. The zero-order valence-corrected chi connectivity index (χ0v) is 15.9. The number of nitrogens with one attached hydrogen (secondary N) is 2. The molecule has 1 spiro atoms. The summed E-state index contributed by atoms with van der Waals surface area (Å²) >= 11 is 0. The number of carbonyl (C=O) groups is 3. The molecular weight excluding hydrogens is 332 g/mol. The molecule has 2 N–H and O–H groups in total. The fraction of sp³-hybridized carbons (Fsp3) is 0.842. The van der Waals surface area contributed by atoms with Crippen molar-refractivity contribution >= 4 is 17.8 Å². The van der Waals surface area contributed by atoms with Crippen LogP contribution in [-0.4, -0.2) is 65.9 Å². The Morgan fingerprint density at radius 2 is 1.88 bits per heavy atom. The second-order valence-corrected chi connectivity index (χ2v) is 8.19. The number of piperidine rings is 1. The smallest absolute Gasteiger partial charge is 0.325 e. The van der Waals surface area contributed by atoms with Crippen LogP contribution in [0.15, 0.2) is 0 Å². The van der Waals surface area contributed by atoms with Crippen LogP contribution < -0.4 is 10.6 Å². The Hall–Kier alpha value is -1.63. The lowest BCUT2D eigenvalue weighted by molar-refractivity contribution is -0.136. The predicted molar refractivity (Wildman–Crippen MR) is 98.5 cm³/mol. The predicted octanol–water partition coefficient (Wildman–Crippen LogP) is 1.48. The third kappa shape index (κ3) is 4.37. The van der Waals surface area contributed by atoms with Gasteiger partial charge in [0.05, 0.1) is 0 Å². The second-order valence-electron chi connectivity index (χ2n) is 8.19. The summed E-state index contributed by atoms with van der Waals surface area (Å²) in [6, 6.07) is -0.423. The van der Waals surface area contributed by atoms with E-state index in [0.717, 1.165) is 43.8 Å². The first kappa shape index (κ1) is 19.1. The molecule has 0 unspecified atom stereocenters. The lowest BCUT2D eigenvalue weighted by Crippen LogP contribution is -2.50. The van der Waals surface area contributed by atoms with E-state index >= 15 is 0 Å². The molecule has 7 nitrogen and oxygen atoms in total. The van der Waals surface area contributed by atoms with Gasteiger partial charge in [0.15, 0.2) is 0 Å². The molecule has 0 aromatic heterocycles. The lowest BCUT2D eigenvalue weighted by atomic mass is 9.77. The number of imide groups is 1. The van der Waals surface area contributed by atoms with Crippen molar-refractivity contribution in [2.45, 2.75) is 63.8 Å². The highest BCUT2D eigenvalue weighted by molar-refractivity contribution is 6.09. The van der Waals surface area contributed by atoms with Crippen LogP contribution in [0.1, 0.15) is 58.3 Å². The number of urea groups is 1. The maximum Gasteiger partial charge on any atom is 0.325 e. The molecule has 1 aliphatic carbocycles. The van der Waals surface area contributed by atoms with Crippen molar-refractivity contribution in [3.8, 4) is 0 Å². The van der Waals surface area contributed by atoms with Gasteiger partial charge in [-0.3, -0.25) is 14.5 Å². The van der Waals surface area contributed by atoms with Crippen LogP contribution in [0.5, 0.6) is 0 Å². The van der Waals surface area contributed by atoms with Crippen LogP contribution in [0.3, 0.4) is 0 Å². The Bertz CT molecular complexity index is 537. The largest absolute Gasteiger partial charge is 0.354 e. The van der Waals surface area contributed by atoms with E-state index in [-0.39, 0.29) is 18.4 Å². The summed E-state index contributed by atoms with van der Waals surface area (Å²) in [5, 5.41) is 5.71. The number of hydrogen-bond acceptors (Lipinski definition) is 4. The summed E-state index contributed by atoms with van der Waals surface area (Å²) in [6.07, 6.45) is 7.95. The molecule has 26 heavy (non-hydrogen) atoms. The number of likely N-dealkylation sites (tertiary alicyclic amines) is 1. The van der Waals surface area contributed by atoms with Crippen molar-refractivity contribution in [1.82, 2.24) is 20.4 Å². The van der Waals surface area contributed by atoms with E-state index < -0.39 is 11.6 Å². The molecule has 1 saturated carbocycles. The van der Waals surface area contributed by atoms with Gasteiger partial charge >= 0.3 is 6.03 Å². The van der Waals surface area contributed by atoms with Crippen LogP contribution in [0.2, 0.25) is 0 Å². The number of nitrogens with zero attached hydrogens (tertiary/aromatic N) is 2. The number of hydrogen-bond donors (Lipinski definition) is 2. The molecule has 2 heterocycles. The maximum absolute atomic E-state index is 12.7. The SMILES string of the molecule is CC1CCC2(CC1)NC(=O)N(CC(=O)NCCCN1CCCCC1)C2=O. The van der Waals surface area contributed by atoms with Crippen molar-refractivity contribution < 1.29 is 14.4 Å². The van der Waals surface area contributed by atoms with Crippen molar-refractivity contribution in [3.63, 3.8) is 0 Å². The Labute approximate surface area is 155 Å². The summed E-state index contributed by atoms with van der Waals surface area (Å²) in [5.41, 5.74) is -0.766. The summed E-state index contributed by atoms with van der Waals surface area (Å²) in [5.74, 6) is 0.105. The van der Waals surface area contributed by atoms with Gasteiger partial charge < -0.3 is 15.5 Å². The first-order valence-electron chi connectivity index (χ1n) is 10.1. The molecule has 0 atom stereocenters. The first-order valence-corrected chi connectivity index (χ1v) is 10.1. The van der Waals surface area contributed by atoms with Gasteiger partial charge in [-0.2, -0.15) is 0 Å². The van der Waals surface area contributed by atoms with Crippen LogP contribution in [0.4, 0.5) is 4.79 Å². The zero-order chi connectivity index (χ0) is 18.6. The van der Waals surface area contributed by atoms with Crippen LogP contribution >= 0.6 is 0 Å². The van der Waals surface area contributed by atoms with Crippen molar-refractivity contribution in [2.75, 3.05) is 32.7 Å². The van der Waals surface area contributed by atoms with Crippen molar-refractivity contribution in [3.05, 3.63) is 0 Å². The molecule has 4 amide bonds. The number of carbonyl (C=O) groups excluding carboxylic acids is 3. The van der Waals surface area contributed by atoms with E-state index in [9.17, 15) is 14.4 Å². The van der Waals surface area contributed by atoms with E-state index in [0.29, 0.717) is 25.3 Å². The highest BCUT2D eigenvalue weighted by atomic mass is 16.2. The standard InChI is InChI=1S/C19H32N4O3/c1-15-6-8-19(9-7-15)17(25)23(18(26)21-19)14-16(24)20-10-5-13-22-11-3-2-4-12-22/h15H,2-14H2,1H3,(H,20,24)(H,21,26). The van der Waals surface area contributed by atoms with Gasteiger partial charge in [-0.1, -0.05) is 13.3 Å². The van der Waals surface area contributed by atoms with Gasteiger partial charge in [-0.25, -0.2) is 4.79 Å². The highest BCUT2D eigenvalue weighted by Crippen LogP contribution is 2.36. The van der Waals surface area contributed by atoms with Gasteiger partial charge in [0, 0.05) is 6.54 Å². The van der Waals surface area contributed by atoms with Gasteiger partial charge in [0.1, 0.15) is 12.1 Å². The molecule has 0 bridgehead atoms. The third-order valence-electron chi connectivity index (χ3n) is 6.10. The zero-order valence-electron chi connectivity index (χ0n) is 15.9. The van der Waals surface area contributed by atoms with Crippen molar-refractivity contribution in [2.24, 2.45) is 5.92 Å². The van der Waals surface area contributed by atoms with Crippen LogP contribution in [-0.2, 0) is 9.59 Å². The van der Waals surface area contributed by atoms with E-state index in [4.69, 9.17) is 0 Å². The Kier molecular flexibility index (Phi) is 6.16. The highest BCUT2D eigenvalue weighted by Gasteiger charge is 2.52. The van der Waals surface area contributed by atoms with Crippen LogP contribution in [0, 0.1) is 5.92 Å². The average Bonchev–Trinajstić information content (AvgIpc) is 2.87. The van der Waals surface area contributed by atoms with E-state index in [2.05, 4.69) is 22.5 Å². The van der Waals surface area contributed by atoms with Gasteiger partial charge in [0.25, 0.3) is 5.91 Å². The molecule has 3 fully saturated rings. The first-order chi connectivity index (χ1) is 12.5. The lowest BCUT2D eigenvalue weighted by Gasteiger charge is -2.33. The minimum absolute atomic E-state index is 0.175. The molecule has 0 aromatic rings. The molecule has 3 rings (SSSR count). The summed E-state index contributed by atoms with van der Waals surface area (Å²) in [6.45, 7) is 5.87. The summed E-state index contributed by atoms with van der Waals surface area (Å²) < 4.78 is 0. The molecular formula is C19H32N4O3. The normalized spacial score (nSPS) is 29.9. The Morgan fingerprint density at radius 3 is 2.58 bits per heavy atom. The van der Waals surface area contributed by atoms with Crippen LogP contribution in [0.25, 0.3) is 0 Å². The fourth-order valence-corrected chi connectivity index (χ4v) is 4.33. The van der Waals surface area contributed by atoms with E-state index in [1.807, 2.05) is 0 Å². The minimum atomic E-state index is -0.766. The molecule has 3 aliphatic rings. The Morgan fingerprint density at radius 1 is 1.19 bits per heavy atom. The molecule has 2 aliphatic heterocycles. The van der Waals surface area contributed by atoms with Crippen molar-refractivity contribution in [1.29, 1.82) is 0 Å². The topological polar surface area (TPSA) is 81.8 Å². The molecule has 0 aromatic carbocycles. The van der Waals surface area contributed by atoms with E-state index in [1.165, 1.54) is 19.3 Å². The average molecular weight is 364 g/mol. The third-order valence-corrected chi connectivity index (χ3v) is 6.10. The van der Waals surface area contributed by atoms with E-state index in [1.54, 1.807) is 0 Å². The van der Waals surface area contributed by atoms with Gasteiger partial charge in [-0.05, 0) is 70.5 Å². The Balaban J connectivity index is 1.41. The fourth-order valence-electron chi connectivity index (χ4n) is 4.33. The molecule has 146 valence electrons. The minimum Gasteiger partial charge on any atom is -0.354 e. The number of rotatable bonds is 6. The van der Waals surface area contributed by atoms with Gasteiger partial charge in [0.2, 0.25) is 5.91 Å². The molecule has 2 saturated heterocycles. The van der Waals surface area contributed by atoms with Gasteiger partial charge in [-0.15, -0.1) is 0 Å². The quantitative estimate of drug-likeness (QED) is 0.552. The summed E-state index contributed by atoms with van der Waals surface area (Å²) in [7, 11) is 0.